The van der Waals surface area contributed by atoms with Gasteiger partial charge in [0.2, 0.25) is 0 Å². The van der Waals surface area contributed by atoms with E-state index in [1.54, 1.807) is 0 Å². The van der Waals surface area contributed by atoms with Crippen LogP contribution in [0, 0.1) is 10.1 Å². The Kier molecular flexibility index (Phi) is 4.60. The standard InChI is InChI=1S/C16H14FN3O5S/c17-9-12-6-10-4-5-14(8-15(10)16(21)18-12)26(24,25)19-11-2-1-3-13(7-11)20(22)23/h1-5,7-8,12,19H,6,9H2,(H,18,21). The zero-order chi connectivity index (χ0) is 18.9. The molecule has 0 aromatic heterocycles. The number of hydrogen-bond acceptors (Lipinski definition) is 5. The summed E-state index contributed by atoms with van der Waals surface area (Å²) in [4.78, 5) is 22.0. The summed E-state index contributed by atoms with van der Waals surface area (Å²) in [5.41, 5.74) is 0.494. The summed E-state index contributed by atoms with van der Waals surface area (Å²) >= 11 is 0. The van der Waals surface area contributed by atoms with E-state index < -0.39 is 33.6 Å². The molecule has 1 amide bonds. The van der Waals surface area contributed by atoms with Gasteiger partial charge in [0.25, 0.3) is 21.6 Å². The SMILES string of the molecule is O=C1NC(CF)Cc2ccc(S(=O)(=O)Nc3cccc([N+](=O)[O-])c3)cc21. The third-order valence-corrected chi connectivity index (χ3v) is 5.31. The van der Waals surface area contributed by atoms with Gasteiger partial charge in [0.05, 0.1) is 21.5 Å². The Morgan fingerprint density at radius 1 is 1.27 bits per heavy atom. The topological polar surface area (TPSA) is 118 Å². The van der Waals surface area contributed by atoms with Crippen LogP contribution in [0.2, 0.25) is 0 Å². The Balaban J connectivity index is 1.91. The molecular weight excluding hydrogens is 365 g/mol. The highest BCUT2D eigenvalue weighted by Crippen LogP contribution is 2.24. The van der Waals surface area contributed by atoms with E-state index in [1.165, 1.54) is 36.4 Å². The van der Waals surface area contributed by atoms with E-state index >= 15 is 0 Å². The number of halogens is 1. The van der Waals surface area contributed by atoms with Gasteiger partial charge in [-0.15, -0.1) is 0 Å². The van der Waals surface area contributed by atoms with Gasteiger partial charge in [0, 0.05) is 17.7 Å². The zero-order valence-corrected chi connectivity index (χ0v) is 14.1. The van der Waals surface area contributed by atoms with Crippen LogP contribution in [-0.4, -0.2) is 32.0 Å². The molecule has 0 aliphatic carbocycles. The molecule has 0 fully saturated rings. The number of benzene rings is 2. The number of rotatable bonds is 5. The van der Waals surface area contributed by atoms with Crippen LogP contribution in [0.5, 0.6) is 0 Å². The van der Waals surface area contributed by atoms with Crippen LogP contribution in [-0.2, 0) is 16.4 Å². The molecule has 1 aliphatic rings. The number of anilines is 1. The summed E-state index contributed by atoms with van der Waals surface area (Å²) in [7, 11) is -4.06. The van der Waals surface area contributed by atoms with Crippen molar-refractivity contribution in [2.45, 2.75) is 17.4 Å². The van der Waals surface area contributed by atoms with Crippen LogP contribution in [0.4, 0.5) is 15.8 Å². The second kappa shape index (κ2) is 6.71. The van der Waals surface area contributed by atoms with E-state index in [-0.39, 0.29) is 28.3 Å². The van der Waals surface area contributed by atoms with Crippen molar-refractivity contribution in [2.24, 2.45) is 0 Å². The number of carbonyl (C=O) groups is 1. The molecule has 0 saturated heterocycles. The predicted octanol–water partition coefficient (Wildman–Crippen LogP) is 2.02. The van der Waals surface area contributed by atoms with Crippen LogP contribution in [0.15, 0.2) is 47.4 Å². The van der Waals surface area contributed by atoms with Crippen molar-refractivity contribution in [1.29, 1.82) is 0 Å². The van der Waals surface area contributed by atoms with E-state index in [4.69, 9.17) is 0 Å². The average molecular weight is 379 g/mol. The molecule has 0 radical (unpaired) electrons. The number of nitrogens with one attached hydrogen (secondary N) is 2. The van der Waals surface area contributed by atoms with E-state index in [0.29, 0.717) is 5.56 Å². The number of carbonyl (C=O) groups excluding carboxylic acids is 1. The monoisotopic (exact) mass is 379 g/mol. The third-order valence-electron chi connectivity index (χ3n) is 3.93. The lowest BCUT2D eigenvalue weighted by atomic mass is 9.96. The van der Waals surface area contributed by atoms with Gasteiger partial charge in [-0.3, -0.25) is 19.6 Å². The van der Waals surface area contributed by atoms with Crippen molar-refractivity contribution in [2.75, 3.05) is 11.4 Å². The lowest BCUT2D eigenvalue weighted by Gasteiger charge is -2.23. The smallest absolute Gasteiger partial charge is 0.271 e. The van der Waals surface area contributed by atoms with Crippen molar-refractivity contribution < 1.29 is 22.5 Å². The molecule has 8 nitrogen and oxygen atoms in total. The van der Waals surface area contributed by atoms with Gasteiger partial charge in [0.15, 0.2) is 0 Å². The minimum atomic E-state index is -4.06. The molecule has 2 N–H and O–H groups in total. The predicted molar refractivity (Wildman–Crippen MR) is 91.3 cm³/mol. The van der Waals surface area contributed by atoms with Crippen LogP contribution in [0.3, 0.4) is 0 Å². The first-order valence-corrected chi connectivity index (χ1v) is 9.05. The molecule has 136 valence electrons. The Morgan fingerprint density at radius 3 is 2.73 bits per heavy atom. The number of amides is 1. The first-order valence-electron chi connectivity index (χ1n) is 7.57. The normalized spacial score (nSPS) is 16.5. The molecule has 0 spiro atoms. The summed E-state index contributed by atoms with van der Waals surface area (Å²) in [6.45, 7) is -0.709. The molecule has 2 aromatic rings. The van der Waals surface area contributed by atoms with E-state index in [1.807, 2.05) is 0 Å². The maximum atomic E-state index is 12.8. The fourth-order valence-corrected chi connectivity index (χ4v) is 3.76. The van der Waals surface area contributed by atoms with Crippen LogP contribution < -0.4 is 10.0 Å². The summed E-state index contributed by atoms with van der Waals surface area (Å²) < 4.78 is 40.1. The second-order valence-electron chi connectivity index (χ2n) is 5.76. The number of sulfonamides is 1. The first-order chi connectivity index (χ1) is 12.3. The van der Waals surface area contributed by atoms with E-state index in [9.17, 15) is 27.7 Å². The lowest BCUT2D eigenvalue weighted by Crippen LogP contribution is -2.42. The highest BCUT2D eigenvalue weighted by atomic mass is 32.2. The van der Waals surface area contributed by atoms with Gasteiger partial charge in [-0.2, -0.15) is 0 Å². The second-order valence-corrected chi connectivity index (χ2v) is 7.44. The molecule has 3 rings (SSSR count). The van der Waals surface area contributed by atoms with Crippen molar-refractivity contribution in [3.05, 3.63) is 63.7 Å². The van der Waals surface area contributed by atoms with Gasteiger partial charge >= 0.3 is 0 Å². The Labute approximate surface area is 148 Å². The van der Waals surface area contributed by atoms with Gasteiger partial charge in [-0.25, -0.2) is 12.8 Å². The molecule has 1 atom stereocenters. The molecule has 1 aliphatic heterocycles. The molecule has 10 heteroatoms. The summed E-state index contributed by atoms with van der Waals surface area (Å²) in [5.74, 6) is -0.540. The number of non-ortho nitro benzene ring substituents is 1. The molecule has 26 heavy (non-hydrogen) atoms. The fourth-order valence-electron chi connectivity index (χ4n) is 2.68. The number of nitro groups is 1. The van der Waals surface area contributed by atoms with Crippen molar-refractivity contribution in [1.82, 2.24) is 5.32 Å². The third kappa shape index (κ3) is 3.49. The van der Waals surface area contributed by atoms with Gasteiger partial charge in [-0.05, 0) is 30.2 Å². The number of alkyl halides is 1. The van der Waals surface area contributed by atoms with Gasteiger partial charge in [-0.1, -0.05) is 12.1 Å². The number of fused-ring (bicyclic) bond motifs is 1. The molecule has 2 aromatic carbocycles. The van der Waals surface area contributed by atoms with Crippen molar-refractivity contribution >= 4 is 27.3 Å². The van der Waals surface area contributed by atoms with Gasteiger partial charge < -0.3 is 5.32 Å². The molecular formula is C16H14FN3O5S. The number of nitrogens with zero attached hydrogens (tertiary/aromatic N) is 1. The van der Waals surface area contributed by atoms with E-state index in [0.717, 1.165) is 6.07 Å². The van der Waals surface area contributed by atoms with Gasteiger partial charge in [0.1, 0.15) is 6.67 Å². The minimum Gasteiger partial charge on any atom is -0.346 e. The van der Waals surface area contributed by atoms with Crippen LogP contribution >= 0.6 is 0 Å². The quantitative estimate of drug-likeness (QED) is 0.609. The summed E-state index contributed by atoms with van der Waals surface area (Å²) in [6, 6.07) is 8.43. The zero-order valence-electron chi connectivity index (χ0n) is 13.3. The lowest BCUT2D eigenvalue weighted by molar-refractivity contribution is -0.384. The highest BCUT2D eigenvalue weighted by molar-refractivity contribution is 7.92. The van der Waals surface area contributed by atoms with Crippen molar-refractivity contribution in [3.8, 4) is 0 Å². The van der Waals surface area contributed by atoms with Crippen molar-refractivity contribution in [3.63, 3.8) is 0 Å². The number of nitro benzene ring substituents is 1. The minimum absolute atomic E-state index is 0.0267. The maximum Gasteiger partial charge on any atom is 0.271 e. The molecule has 0 bridgehead atoms. The Hall–Kier alpha value is -3.01. The first kappa shape index (κ1) is 17.8. The summed E-state index contributed by atoms with van der Waals surface area (Å²) in [6.07, 6.45) is 0.274. The Morgan fingerprint density at radius 2 is 2.04 bits per heavy atom. The average Bonchev–Trinajstić information content (AvgIpc) is 2.61. The Bertz CT molecular complexity index is 993. The summed E-state index contributed by atoms with van der Waals surface area (Å²) in [5, 5.41) is 13.3. The molecule has 0 saturated carbocycles. The maximum absolute atomic E-state index is 12.8. The highest BCUT2D eigenvalue weighted by Gasteiger charge is 2.26. The fraction of sp³-hybridized carbons (Fsp3) is 0.188. The number of hydrogen-bond donors (Lipinski definition) is 2. The molecule has 1 unspecified atom stereocenters. The van der Waals surface area contributed by atoms with E-state index in [2.05, 4.69) is 10.0 Å². The van der Waals surface area contributed by atoms with Crippen LogP contribution in [0.1, 0.15) is 15.9 Å². The van der Waals surface area contributed by atoms with Crippen LogP contribution in [0.25, 0.3) is 0 Å². The molecule has 1 heterocycles. The largest absolute Gasteiger partial charge is 0.346 e.